The SMILES string of the molecule is COCc1cccc(NC(=O)Cc2csc(-c3ccc(C(F)(F)F)cc3)n2)c1. The first kappa shape index (κ1) is 20.0. The van der Waals surface area contributed by atoms with E-state index in [1.54, 1.807) is 18.6 Å². The average molecular weight is 406 g/mol. The van der Waals surface area contributed by atoms with Crippen molar-refractivity contribution in [2.24, 2.45) is 0 Å². The molecule has 1 aromatic heterocycles. The molecule has 3 rings (SSSR count). The summed E-state index contributed by atoms with van der Waals surface area (Å²) in [5, 5.41) is 5.11. The number of nitrogens with one attached hydrogen (secondary N) is 1. The van der Waals surface area contributed by atoms with Gasteiger partial charge in [-0.15, -0.1) is 11.3 Å². The van der Waals surface area contributed by atoms with Crippen molar-refractivity contribution in [1.29, 1.82) is 0 Å². The number of benzene rings is 2. The smallest absolute Gasteiger partial charge is 0.380 e. The molecule has 1 amide bonds. The van der Waals surface area contributed by atoms with Gasteiger partial charge in [0.2, 0.25) is 5.91 Å². The number of anilines is 1. The fourth-order valence-corrected chi connectivity index (χ4v) is 3.42. The van der Waals surface area contributed by atoms with Crippen LogP contribution in [0.5, 0.6) is 0 Å². The van der Waals surface area contributed by atoms with Gasteiger partial charge in [-0.25, -0.2) is 4.98 Å². The van der Waals surface area contributed by atoms with E-state index < -0.39 is 11.7 Å². The Hall–Kier alpha value is -2.71. The number of amides is 1. The summed E-state index contributed by atoms with van der Waals surface area (Å²) in [6, 6.07) is 12.2. The third-order valence-electron chi connectivity index (χ3n) is 3.87. The van der Waals surface area contributed by atoms with E-state index >= 15 is 0 Å². The molecule has 0 aliphatic heterocycles. The van der Waals surface area contributed by atoms with Crippen molar-refractivity contribution in [3.8, 4) is 10.6 Å². The van der Waals surface area contributed by atoms with Crippen molar-refractivity contribution in [1.82, 2.24) is 4.98 Å². The normalized spacial score (nSPS) is 11.4. The summed E-state index contributed by atoms with van der Waals surface area (Å²) in [4.78, 5) is 16.6. The van der Waals surface area contributed by atoms with Crippen LogP contribution in [0.3, 0.4) is 0 Å². The summed E-state index contributed by atoms with van der Waals surface area (Å²) in [6.45, 7) is 0.451. The van der Waals surface area contributed by atoms with Gasteiger partial charge in [-0.05, 0) is 29.8 Å². The van der Waals surface area contributed by atoms with E-state index in [0.29, 0.717) is 28.6 Å². The molecule has 0 fully saturated rings. The van der Waals surface area contributed by atoms with E-state index in [-0.39, 0.29) is 12.3 Å². The van der Waals surface area contributed by atoms with Gasteiger partial charge in [0.15, 0.2) is 0 Å². The maximum Gasteiger partial charge on any atom is 0.416 e. The molecule has 1 heterocycles. The summed E-state index contributed by atoms with van der Waals surface area (Å²) >= 11 is 1.28. The molecule has 0 saturated heterocycles. The lowest BCUT2D eigenvalue weighted by atomic mass is 10.1. The van der Waals surface area contributed by atoms with Crippen molar-refractivity contribution in [3.05, 3.63) is 70.7 Å². The van der Waals surface area contributed by atoms with Gasteiger partial charge in [0.1, 0.15) is 5.01 Å². The van der Waals surface area contributed by atoms with Crippen molar-refractivity contribution in [2.75, 3.05) is 12.4 Å². The molecular weight excluding hydrogens is 389 g/mol. The molecule has 0 atom stereocenters. The third kappa shape index (κ3) is 5.17. The fourth-order valence-electron chi connectivity index (χ4n) is 2.60. The molecular formula is C20H17F3N2O2S. The lowest BCUT2D eigenvalue weighted by Crippen LogP contribution is -2.14. The Labute approximate surface area is 164 Å². The van der Waals surface area contributed by atoms with Crippen LogP contribution in [0, 0.1) is 0 Å². The van der Waals surface area contributed by atoms with Crippen LogP contribution in [-0.4, -0.2) is 18.0 Å². The zero-order chi connectivity index (χ0) is 20.1. The maximum atomic E-state index is 12.7. The van der Waals surface area contributed by atoms with Crippen LogP contribution >= 0.6 is 11.3 Å². The lowest BCUT2D eigenvalue weighted by molar-refractivity contribution is -0.137. The molecule has 0 aliphatic rings. The molecule has 1 N–H and O–H groups in total. The Balaban J connectivity index is 1.64. The van der Waals surface area contributed by atoms with Crippen LogP contribution in [0.1, 0.15) is 16.8 Å². The molecule has 0 spiro atoms. The number of rotatable bonds is 6. The van der Waals surface area contributed by atoms with Crippen LogP contribution in [0.15, 0.2) is 53.9 Å². The number of halogens is 3. The number of aromatic nitrogens is 1. The highest BCUT2D eigenvalue weighted by Crippen LogP contribution is 2.31. The van der Waals surface area contributed by atoms with E-state index in [4.69, 9.17) is 4.74 Å². The first-order valence-electron chi connectivity index (χ1n) is 8.35. The lowest BCUT2D eigenvalue weighted by Gasteiger charge is -2.07. The minimum atomic E-state index is -4.37. The van der Waals surface area contributed by atoms with Crippen LogP contribution in [0.25, 0.3) is 10.6 Å². The van der Waals surface area contributed by atoms with Crippen molar-refractivity contribution >= 4 is 22.9 Å². The topological polar surface area (TPSA) is 51.2 Å². The van der Waals surface area contributed by atoms with Crippen LogP contribution in [0.4, 0.5) is 18.9 Å². The van der Waals surface area contributed by atoms with Gasteiger partial charge >= 0.3 is 6.18 Å². The fraction of sp³-hybridized carbons (Fsp3) is 0.200. The van der Waals surface area contributed by atoms with E-state index in [9.17, 15) is 18.0 Å². The number of alkyl halides is 3. The number of thiazole rings is 1. The minimum Gasteiger partial charge on any atom is -0.380 e. The van der Waals surface area contributed by atoms with Gasteiger partial charge in [-0.1, -0.05) is 24.3 Å². The Morgan fingerprint density at radius 1 is 1.18 bits per heavy atom. The monoisotopic (exact) mass is 406 g/mol. The van der Waals surface area contributed by atoms with Crippen molar-refractivity contribution < 1.29 is 22.7 Å². The molecule has 0 radical (unpaired) electrons. The zero-order valence-corrected chi connectivity index (χ0v) is 15.7. The second-order valence-electron chi connectivity index (χ2n) is 6.08. The molecule has 146 valence electrons. The zero-order valence-electron chi connectivity index (χ0n) is 14.9. The molecule has 8 heteroatoms. The van der Waals surface area contributed by atoms with Crippen LogP contribution < -0.4 is 5.32 Å². The van der Waals surface area contributed by atoms with Crippen LogP contribution in [0.2, 0.25) is 0 Å². The van der Waals surface area contributed by atoms with E-state index in [1.807, 2.05) is 18.2 Å². The summed E-state index contributed by atoms with van der Waals surface area (Å²) in [5.41, 5.74) is 2.04. The second-order valence-corrected chi connectivity index (χ2v) is 6.94. The molecule has 2 aromatic carbocycles. The molecule has 4 nitrogen and oxygen atoms in total. The Kier molecular flexibility index (Phi) is 6.11. The van der Waals surface area contributed by atoms with E-state index in [0.717, 1.165) is 17.7 Å². The van der Waals surface area contributed by atoms with Gasteiger partial charge in [0, 0.05) is 23.7 Å². The standard InChI is InChI=1S/C20H17F3N2O2S/c1-27-11-13-3-2-4-16(9-13)24-18(26)10-17-12-28-19(25-17)14-5-7-15(8-6-14)20(21,22)23/h2-9,12H,10-11H2,1H3,(H,24,26). The number of hydrogen-bond donors (Lipinski definition) is 1. The van der Waals surface area contributed by atoms with Crippen LogP contribution in [-0.2, 0) is 28.7 Å². The van der Waals surface area contributed by atoms with Gasteiger partial charge in [0.05, 0.1) is 24.3 Å². The summed E-state index contributed by atoms with van der Waals surface area (Å²) in [7, 11) is 1.60. The van der Waals surface area contributed by atoms with Crippen molar-refractivity contribution in [3.63, 3.8) is 0 Å². The summed E-state index contributed by atoms with van der Waals surface area (Å²) in [5.74, 6) is -0.223. The van der Waals surface area contributed by atoms with Gasteiger partial charge in [0.25, 0.3) is 0 Å². The number of carbonyl (C=O) groups is 1. The highest BCUT2D eigenvalue weighted by atomic mass is 32.1. The molecule has 0 unspecified atom stereocenters. The Bertz CT molecular complexity index is 953. The Morgan fingerprint density at radius 3 is 2.61 bits per heavy atom. The minimum absolute atomic E-state index is 0.0750. The highest BCUT2D eigenvalue weighted by Gasteiger charge is 2.30. The first-order chi connectivity index (χ1) is 13.3. The third-order valence-corrected chi connectivity index (χ3v) is 4.81. The van der Waals surface area contributed by atoms with Crippen molar-refractivity contribution in [2.45, 2.75) is 19.2 Å². The predicted octanol–water partition coefficient (Wildman–Crippen LogP) is 5.16. The molecule has 0 aliphatic carbocycles. The number of nitrogens with zero attached hydrogens (tertiary/aromatic N) is 1. The molecule has 0 saturated carbocycles. The molecule has 0 bridgehead atoms. The molecule has 28 heavy (non-hydrogen) atoms. The van der Waals surface area contributed by atoms with Gasteiger partial charge in [-0.2, -0.15) is 13.2 Å². The van der Waals surface area contributed by atoms with Gasteiger partial charge in [-0.3, -0.25) is 4.79 Å². The number of carbonyl (C=O) groups excluding carboxylic acids is 1. The quantitative estimate of drug-likeness (QED) is 0.615. The largest absolute Gasteiger partial charge is 0.416 e. The Morgan fingerprint density at radius 2 is 1.93 bits per heavy atom. The highest BCUT2D eigenvalue weighted by molar-refractivity contribution is 7.13. The maximum absolute atomic E-state index is 12.7. The molecule has 3 aromatic rings. The van der Waals surface area contributed by atoms with E-state index in [1.165, 1.54) is 23.5 Å². The average Bonchev–Trinajstić information content (AvgIpc) is 3.10. The first-order valence-corrected chi connectivity index (χ1v) is 9.23. The number of methoxy groups -OCH3 is 1. The number of hydrogen-bond acceptors (Lipinski definition) is 4. The second kappa shape index (κ2) is 8.53. The predicted molar refractivity (Wildman–Crippen MR) is 102 cm³/mol. The summed E-state index contributed by atoms with van der Waals surface area (Å²) in [6.07, 6.45) is -4.29. The number of ether oxygens (including phenoxy) is 1. The van der Waals surface area contributed by atoms with Gasteiger partial charge < -0.3 is 10.1 Å². The summed E-state index contributed by atoms with van der Waals surface area (Å²) < 4.78 is 43.0. The van der Waals surface area contributed by atoms with E-state index in [2.05, 4.69) is 10.3 Å².